The van der Waals surface area contributed by atoms with E-state index in [1.165, 1.54) is 22.7 Å². The minimum absolute atomic E-state index is 0.306. The summed E-state index contributed by atoms with van der Waals surface area (Å²) >= 11 is 2.53. The Labute approximate surface area is 114 Å². The van der Waals surface area contributed by atoms with Crippen molar-refractivity contribution in [3.8, 4) is 0 Å². The first-order valence-corrected chi connectivity index (χ1v) is 8.37. The smallest absolute Gasteiger partial charge is 0.273 e. The van der Waals surface area contributed by atoms with Crippen LogP contribution >= 0.6 is 22.7 Å². The topological polar surface area (TPSA) is 71.1 Å². The molecular formula is C10H13N3O2S3. The van der Waals surface area contributed by atoms with E-state index in [1.807, 2.05) is 20.0 Å². The Balaban J connectivity index is 2.19. The van der Waals surface area contributed by atoms with Crippen LogP contribution in [-0.4, -0.2) is 20.4 Å². The molecule has 0 bridgehead atoms. The summed E-state index contributed by atoms with van der Waals surface area (Å²) in [5.74, 6) is 0. The molecule has 0 saturated heterocycles. The normalized spacial score (nSPS) is 11.7. The van der Waals surface area contributed by atoms with Crippen molar-refractivity contribution in [2.45, 2.75) is 17.7 Å². The molecule has 0 aliphatic rings. The van der Waals surface area contributed by atoms with E-state index in [1.54, 1.807) is 11.4 Å². The van der Waals surface area contributed by atoms with Crippen LogP contribution < -0.4 is 10.0 Å². The van der Waals surface area contributed by atoms with Crippen LogP contribution in [0.2, 0.25) is 0 Å². The zero-order chi connectivity index (χ0) is 13.2. The van der Waals surface area contributed by atoms with E-state index in [4.69, 9.17) is 0 Å². The van der Waals surface area contributed by atoms with E-state index >= 15 is 0 Å². The van der Waals surface area contributed by atoms with Crippen molar-refractivity contribution in [1.82, 2.24) is 10.3 Å². The number of hydrogen-bond acceptors (Lipinski definition) is 6. The maximum atomic E-state index is 12.1. The Hall–Kier alpha value is -0.960. The van der Waals surface area contributed by atoms with E-state index in [0.29, 0.717) is 15.9 Å². The molecule has 0 unspecified atom stereocenters. The van der Waals surface area contributed by atoms with E-state index in [9.17, 15) is 8.42 Å². The minimum atomic E-state index is -3.51. The quantitative estimate of drug-likeness (QED) is 0.886. The molecule has 0 aliphatic carbocycles. The average molecular weight is 303 g/mol. The van der Waals surface area contributed by atoms with Crippen LogP contribution in [0.3, 0.4) is 0 Å². The SMILES string of the molecule is CNCc1ccc(S(=O)(=O)Nc2nc(C)cs2)s1. The van der Waals surface area contributed by atoms with Crippen molar-refractivity contribution in [2.75, 3.05) is 11.8 Å². The van der Waals surface area contributed by atoms with Crippen LogP contribution in [-0.2, 0) is 16.6 Å². The van der Waals surface area contributed by atoms with Crippen LogP contribution in [0, 0.1) is 6.92 Å². The summed E-state index contributed by atoms with van der Waals surface area (Å²) in [5.41, 5.74) is 0.805. The molecule has 98 valence electrons. The van der Waals surface area contributed by atoms with E-state index in [0.717, 1.165) is 10.6 Å². The van der Waals surface area contributed by atoms with Gasteiger partial charge in [-0.1, -0.05) is 0 Å². The molecule has 18 heavy (non-hydrogen) atoms. The van der Waals surface area contributed by atoms with Crippen LogP contribution in [0.5, 0.6) is 0 Å². The number of aryl methyl sites for hydroxylation is 1. The zero-order valence-corrected chi connectivity index (χ0v) is 12.4. The van der Waals surface area contributed by atoms with Crippen molar-refractivity contribution in [1.29, 1.82) is 0 Å². The first kappa shape index (κ1) is 13.5. The first-order valence-electron chi connectivity index (χ1n) is 5.19. The van der Waals surface area contributed by atoms with Gasteiger partial charge in [-0.25, -0.2) is 13.4 Å². The van der Waals surface area contributed by atoms with Crippen LogP contribution in [0.15, 0.2) is 21.7 Å². The molecule has 5 nitrogen and oxygen atoms in total. The van der Waals surface area contributed by atoms with Crippen molar-refractivity contribution >= 4 is 37.8 Å². The second kappa shape index (κ2) is 5.35. The summed E-state index contributed by atoms with van der Waals surface area (Å²) in [6.07, 6.45) is 0. The van der Waals surface area contributed by atoms with Crippen molar-refractivity contribution in [3.05, 3.63) is 28.1 Å². The molecule has 0 amide bonds. The maximum absolute atomic E-state index is 12.1. The van der Waals surface area contributed by atoms with Crippen LogP contribution in [0.1, 0.15) is 10.6 Å². The Kier molecular flexibility index (Phi) is 4.00. The van der Waals surface area contributed by atoms with Crippen molar-refractivity contribution < 1.29 is 8.42 Å². The predicted octanol–water partition coefficient (Wildman–Crippen LogP) is 2.03. The highest BCUT2D eigenvalue weighted by molar-refractivity contribution is 7.94. The molecule has 0 spiro atoms. The lowest BCUT2D eigenvalue weighted by molar-refractivity contribution is 0.603. The van der Waals surface area contributed by atoms with Gasteiger partial charge in [0.2, 0.25) is 0 Å². The number of thiophene rings is 1. The summed E-state index contributed by atoms with van der Waals surface area (Å²) in [4.78, 5) is 5.06. The highest BCUT2D eigenvalue weighted by Crippen LogP contribution is 2.25. The van der Waals surface area contributed by atoms with Gasteiger partial charge < -0.3 is 5.32 Å². The lowest BCUT2D eigenvalue weighted by Crippen LogP contribution is -2.11. The highest BCUT2D eigenvalue weighted by atomic mass is 32.2. The molecule has 8 heteroatoms. The lowest BCUT2D eigenvalue weighted by atomic mass is 10.5. The standard InChI is InChI=1S/C10H13N3O2S3/c1-7-6-16-10(12-7)13-18(14,15)9-4-3-8(17-9)5-11-2/h3-4,6,11H,5H2,1-2H3,(H,12,13). The van der Waals surface area contributed by atoms with Gasteiger partial charge in [-0.2, -0.15) is 0 Å². The Bertz CT molecular complexity index is 630. The number of anilines is 1. The third-order valence-electron chi connectivity index (χ3n) is 2.09. The Morgan fingerprint density at radius 2 is 2.17 bits per heavy atom. The highest BCUT2D eigenvalue weighted by Gasteiger charge is 2.18. The summed E-state index contributed by atoms with van der Waals surface area (Å²) < 4.78 is 26.9. The monoisotopic (exact) mass is 303 g/mol. The maximum Gasteiger partial charge on any atom is 0.273 e. The molecule has 0 fully saturated rings. The largest absolute Gasteiger partial charge is 0.315 e. The second-order valence-corrected chi connectivity index (χ2v) is 7.59. The summed E-state index contributed by atoms with van der Waals surface area (Å²) in [6.45, 7) is 2.49. The number of hydrogen-bond donors (Lipinski definition) is 2. The van der Waals surface area contributed by atoms with Crippen molar-refractivity contribution in [3.63, 3.8) is 0 Å². The van der Waals surface area contributed by atoms with Gasteiger partial charge >= 0.3 is 0 Å². The molecule has 0 saturated carbocycles. The van der Waals surface area contributed by atoms with E-state index < -0.39 is 10.0 Å². The first-order chi connectivity index (χ1) is 8.51. The lowest BCUT2D eigenvalue weighted by Gasteiger charge is -2.01. The third-order valence-corrected chi connectivity index (χ3v) is 6.01. The van der Waals surface area contributed by atoms with Crippen molar-refractivity contribution in [2.24, 2.45) is 0 Å². The third kappa shape index (κ3) is 3.08. The van der Waals surface area contributed by atoms with Crippen LogP contribution in [0.25, 0.3) is 0 Å². The Morgan fingerprint density at radius 3 is 2.78 bits per heavy atom. The Morgan fingerprint density at radius 1 is 1.39 bits per heavy atom. The van der Waals surface area contributed by atoms with E-state index in [-0.39, 0.29) is 0 Å². The van der Waals surface area contributed by atoms with Gasteiger partial charge in [-0.15, -0.1) is 22.7 Å². The number of thiazole rings is 1. The van der Waals surface area contributed by atoms with Gasteiger partial charge in [0.1, 0.15) is 4.21 Å². The van der Waals surface area contributed by atoms with Gasteiger partial charge in [0.05, 0.1) is 5.69 Å². The number of nitrogens with zero attached hydrogens (tertiary/aromatic N) is 1. The van der Waals surface area contributed by atoms with Gasteiger partial charge in [-0.05, 0) is 26.1 Å². The summed E-state index contributed by atoms with van der Waals surface area (Å²) in [5, 5.41) is 5.19. The minimum Gasteiger partial charge on any atom is -0.315 e. The summed E-state index contributed by atoms with van der Waals surface area (Å²) in [7, 11) is -1.68. The zero-order valence-electron chi connectivity index (χ0n) is 9.93. The molecule has 0 atom stereocenters. The number of sulfonamides is 1. The molecular weight excluding hydrogens is 290 g/mol. The fourth-order valence-corrected chi connectivity index (χ4v) is 4.65. The number of aromatic nitrogens is 1. The second-order valence-electron chi connectivity index (χ2n) is 3.65. The van der Waals surface area contributed by atoms with Crippen LogP contribution in [0.4, 0.5) is 5.13 Å². The molecule has 2 heterocycles. The molecule has 2 N–H and O–H groups in total. The molecule has 0 aliphatic heterocycles. The fraction of sp³-hybridized carbons (Fsp3) is 0.300. The molecule has 2 aromatic heterocycles. The molecule has 2 aromatic rings. The van der Waals surface area contributed by atoms with Gasteiger partial charge in [0.15, 0.2) is 5.13 Å². The number of nitrogens with one attached hydrogen (secondary N) is 2. The molecule has 2 rings (SSSR count). The summed E-state index contributed by atoms with van der Waals surface area (Å²) in [6, 6.07) is 3.42. The van der Waals surface area contributed by atoms with Gasteiger partial charge in [0.25, 0.3) is 10.0 Å². The molecule has 0 radical (unpaired) electrons. The van der Waals surface area contributed by atoms with Gasteiger partial charge in [0, 0.05) is 16.8 Å². The van der Waals surface area contributed by atoms with E-state index in [2.05, 4.69) is 15.0 Å². The average Bonchev–Trinajstić information content (AvgIpc) is 2.88. The van der Waals surface area contributed by atoms with Gasteiger partial charge in [-0.3, -0.25) is 4.72 Å². The molecule has 0 aromatic carbocycles. The predicted molar refractivity (Wildman–Crippen MR) is 74.7 cm³/mol. The number of rotatable bonds is 5. The fourth-order valence-electron chi connectivity index (χ4n) is 1.34.